The largest absolute Gasteiger partial charge is 0.326 e. The van der Waals surface area contributed by atoms with E-state index in [4.69, 9.17) is 5.73 Å². The minimum atomic E-state index is -0.163. The first kappa shape index (κ1) is 12.0. The van der Waals surface area contributed by atoms with Crippen LogP contribution in [0, 0.1) is 5.82 Å². The lowest BCUT2D eigenvalue weighted by Gasteiger charge is -2.26. The number of nitrogens with zero attached hydrogens (tertiary/aromatic N) is 1. The van der Waals surface area contributed by atoms with Crippen LogP contribution in [0.2, 0.25) is 0 Å². The van der Waals surface area contributed by atoms with Crippen molar-refractivity contribution in [2.45, 2.75) is 25.4 Å². The topological polar surface area (TPSA) is 29.3 Å². The molecule has 2 N–H and O–H groups in total. The van der Waals surface area contributed by atoms with Gasteiger partial charge in [0.15, 0.2) is 0 Å². The molecule has 1 aromatic carbocycles. The Morgan fingerprint density at radius 2 is 2.31 bits per heavy atom. The van der Waals surface area contributed by atoms with Crippen LogP contribution in [-0.2, 0) is 0 Å². The highest BCUT2D eigenvalue weighted by Gasteiger charge is 2.33. The third kappa shape index (κ3) is 2.14. The van der Waals surface area contributed by atoms with Gasteiger partial charge in [0.2, 0.25) is 0 Å². The van der Waals surface area contributed by atoms with Crippen molar-refractivity contribution in [3.63, 3.8) is 0 Å². The molecule has 0 aromatic heterocycles. The minimum absolute atomic E-state index is 0.0162. The third-order valence-electron chi connectivity index (χ3n) is 3.23. The van der Waals surface area contributed by atoms with Gasteiger partial charge in [-0.1, -0.05) is 22.9 Å². The molecule has 1 heterocycles. The fourth-order valence-electron chi connectivity index (χ4n) is 2.41. The molecule has 0 radical (unpaired) electrons. The maximum atomic E-state index is 13.8. The Balaban J connectivity index is 2.37. The van der Waals surface area contributed by atoms with Crippen LogP contribution in [0.25, 0.3) is 0 Å². The maximum Gasteiger partial charge on any atom is 0.128 e. The summed E-state index contributed by atoms with van der Waals surface area (Å²) in [5, 5.41) is 0. The highest BCUT2D eigenvalue weighted by molar-refractivity contribution is 9.10. The van der Waals surface area contributed by atoms with Gasteiger partial charge in [0.1, 0.15) is 5.82 Å². The van der Waals surface area contributed by atoms with Crippen LogP contribution in [0.1, 0.15) is 24.9 Å². The lowest BCUT2D eigenvalue weighted by Crippen LogP contribution is -2.32. The Hall–Kier alpha value is -0.450. The summed E-state index contributed by atoms with van der Waals surface area (Å²) >= 11 is 3.38. The molecule has 1 aliphatic rings. The first-order valence-electron chi connectivity index (χ1n) is 5.58. The van der Waals surface area contributed by atoms with Crippen molar-refractivity contribution in [2.24, 2.45) is 5.73 Å². The first-order chi connectivity index (χ1) is 7.63. The smallest absolute Gasteiger partial charge is 0.128 e. The highest BCUT2D eigenvalue weighted by Crippen LogP contribution is 2.33. The quantitative estimate of drug-likeness (QED) is 0.906. The van der Waals surface area contributed by atoms with Crippen molar-refractivity contribution in [2.75, 3.05) is 13.1 Å². The summed E-state index contributed by atoms with van der Waals surface area (Å²) in [6, 6.07) is 5.10. The molecule has 2 rings (SSSR count). The number of likely N-dealkylation sites (N-methyl/N-ethyl adjacent to an activating group) is 1. The van der Waals surface area contributed by atoms with Crippen LogP contribution >= 0.6 is 15.9 Å². The van der Waals surface area contributed by atoms with Gasteiger partial charge in [-0.2, -0.15) is 0 Å². The molecule has 0 bridgehead atoms. The van der Waals surface area contributed by atoms with Crippen LogP contribution in [-0.4, -0.2) is 24.0 Å². The predicted octanol–water partition coefficient (Wildman–Crippen LogP) is 2.68. The van der Waals surface area contributed by atoms with Gasteiger partial charge in [0, 0.05) is 22.6 Å². The Morgan fingerprint density at radius 1 is 1.56 bits per heavy atom. The third-order valence-corrected chi connectivity index (χ3v) is 3.72. The fourth-order valence-corrected chi connectivity index (χ4v) is 2.78. The predicted molar refractivity (Wildman–Crippen MR) is 66.7 cm³/mol. The molecule has 0 spiro atoms. The molecule has 4 heteroatoms. The lowest BCUT2D eigenvalue weighted by molar-refractivity contribution is 0.255. The molecule has 88 valence electrons. The molecule has 1 fully saturated rings. The SMILES string of the molecule is CCN1CCC(N)C1c1cc(Br)ccc1F. The zero-order valence-corrected chi connectivity index (χ0v) is 10.9. The van der Waals surface area contributed by atoms with Crippen LogP contribution < -0.4 is 5.73 Å². The van der Waals surface area contributed by atoms with Crippen molar-refractivity contribution >= 4 is 15.9 Å². The van der Waals surface area contributed by atoms with Gasteiger partial charge >= 0.3 is 0 Å². The van der Waals surface area contributed by atoms with Crippen molar-refractivity contribution in [1.82, 2.24) is 4.90 Å². The summed E-state index contributed by atoms with van der Waals surface area (Å²) in [7, 11) is 0. The maximum absolute atomic E-state index is 13.8. The van der Waals surface area contributed by atoms with E-state index in [0.717, 1.165) is 24.0 Å². The van der Waals surface area contributed by atoms with E-state index in [0.29, 0.717) is 5.56 Å². The highest BCUT2D eigenvalue weighted by atomic mass is 79.9. The van der Waals surface area contributed by atoms with Gasteiger partial charge in [-0.05, 0) is 31.2 Å². The number of hydrogen-bond acceptors (Lipinski definition) is 2. The Kier molecular flexibility index (Phi) is 3.62. The molecule has 16 heavy (non-hydrogen) atoms. The number of nitrogens with two attached hydrogens (primary N) is 1. The van der Waals surface area contributed by atoms with Gasteiger partial charge < -0.3 is 5.73 Å². The summed E-state index contributed by atoms with van der Waals surface area (Å²) < 4.78 is 14.7. The first-order valence-corrected chi connectivity index (χ1v) is 6.37. The zero-order chi connectivity index (χ0) is 11.7. The standard InChI is InChI=1S/C12H16BrFN2/c1-2-16-6-5-11(15)12(16)9-7-8(13)3-4-10(9)14/h3-4,7,11-12H,2,5-6,15H2,1H3. The molecular formula is C12H16BrFN2. The van der Waals surface area contributed by atoms with E-state index < -0.39 is 0 Å². The van der Waals surface area contributed by atoms with Gasteiger partial charge in [-0.25, -0.2) is 4.39 Å². The summed E-state index contributed by atoms with van der Waals surface area (Å²) in [5.74, 6) is -0.163. The number of rotatable bonds is 2. The van der Waals surface area contributed by atoms with Crippen LogP contribution in [0.15, 0.2) is 22.7 Å². The number of likely N-dealkylation sites (tertiary alicyclic amines) is 1. The monoisotopic (exact) mass is 286 g/mol. The van der Waals surface area contributed by atoms with Crippen LogP contribution in [0.3, 0.4) is 0 Å². The summed E-state index contributed by atoms with van der Waals surface area (Å²) in [6.45, 7) is 3.94. The van der Waals surface area contributed by atoms with Crippen molar-refractivity contribution < 1.29 is 4.39 Å². The van der Waals surface area contributed by atoms with E-state index in [1.807, 2.05) is 6.07 Å². The van der Waals surface area contributed by atoms with Crippen LogP contribution in [0.5, 0.6) is 0 Å². The fraction of sp³-hybridized carbons (Fsp3) is 0.500. The Morgan fingerprint density at radius 3 is 3.00 bits per heavy atom. The van der Waals surface area contributed by atoms with Gasteiger partial charge in [-0.15, -0.1) is 0 Å². The lowest BCUT2D eigenvalue weighted by atomic mass is 10.0. The van der Waals surface area contributed by atoms with E-state index >= 15 is 0 Å². The van der Waals surface area contributed by atoms with Crippen molar-refractivity contribution in [3.8, 4) is 0 Å². The van der Waals surface area contributed by atoms with E-state index in [1.54, 1.807) is 6.07 Å². The Labute approximate surface area is 104 Å². The van der Waals surface area contributed by atoms with Gasteiger partial charge in [0.25, 0.3) is 0 Å². The molecule has 0 amide bonds. The van der Waals surface area contributed by atoms with E-state index in [1.165, 1.54) is 6.07 Å². The van der Waals surface area contributed by atoms with E-state index in [-0.39, 0.29) is 17.9 Å². The summed E-state index contributed by atoms with van der Waals surface area (Å²) in [5.41, 5.74) is 6.78. The number of halogens is 2. The number of benzene rings is 1. The Bertz CT molecular complexity index is 383. The zero-order valence-electron chi connectivity index (χ0n) is 9.29. The summed E-state index contributed by atoms with van der Waals surface area (Å²) in [4.78, 5) is 2.23. The second-order valence-corrected chi connectivity index (χ2v) is 5.11. The average Bonchev–Trinajstić information content (AvgIpc) is 2.63. The molecule has 2 nitrogen and oxygen atoms in total. The molecule has 0 aliphatic carbocycles. The average molecular weight is 287 g/mol. The van der Waals surface area contributed by atoms with Crippen molar-refractivity contribution in [1.29, 1.82) is 0 Å². The normalized spacial score (nSPS) is 26.2. The second-order valence-electron chi connectivity index (χ2n) is 4.19. The molecule has 1 saturated heterocycles. The van der Waals surface area contributed by atoms with E-state index in [2.05, 4.69) is 27.8 Å². The van der Waals surface area contributed by atoms with E-state index in [9.17, 15) is 4.39 Å². The molecule has 0 saturated carbocycles. The molecule has 2 unspecified atom stereocenters. The van der Waals surface area contributed by atoms with Gasteiger partial charge in [-0.3, -0.25) is 4.90 Å². The van der Waals surface area contributed by atoms with Crippen molar-refractivity contribution in [3.05, 3.63) is 34.1 Å². The molecule has 1 aliphatic heterocycles. The second kappa shape index (κ2) is 4.82. The summed E-state index contributed by atoms with van der Waals surface area (Å²) in [6.07, 6.45) is 0.935. The number of hydrogen-bond donors (Lipinski definition) is 1. The molecule has 1 aromatic rings. The minimum Gasteiger partial charge on any atom is -0.326 e. The molecule has 2 atom stereocenters. The van der Waals surface area contributed by atoms with Gasteiger partial charge in [0.05, 0.1) is 6.04 Å². The van der Waals surface area contributed by atoms with Crippen LogP contribution in [0.4, 0.5) is 4.39 Å². The molecular weight excluding hydrogens is 271 g/mol.